The third-order valence-electron chi connectivity index (χ3n) is 10.3. The summed E-state index contributed by atoms with van der Waals surface area (Å²) >= 11 is 8.14. The topological polar surface area (TPSA) is 6.48 Å². The molecule has 3 aliphatic carbocycles. The molecular formula is C44H47N2Pb2S2+. The van der Waals surface area contributed by atoms with Crippen molar-refractivity contribution in [3.8, 4) is 0 Å². The Kier molecular flexibility index (Phi) is 11.8. The first kappa shape index (κ1) is 36.6. The van der Waals surface area contributed by atoms with Gasteiger partial charge in [-0.25, -0.2) is 0 Å². The molecule has 6 radical (unpaired) electrons. The normalized spacial score (nSPS) is 19.7. The molecule has 4 aliphatic rings. The van der Waals surface area contributed by atoms with Crippen LogP contribution in [0.1, 0.15) is 84.6 Å². The molecule has 0 bridgehead atoms. The maximum atomic E-state index is 3.99. The second kappa shape index (κ2) is 16.1. The summed E-state index contributed by atoms with van der Waals surface area (Å²) in [5.74, 6) is 1.49. The number of nitrogens with zero attached hydrogens (tertiary/aromatic N) is 2. The quantitative estimate of drug-likeness (QED) is 0.114. The van der Waals surface area contributed by atoms with Crippen LogP contribution >= 0.6 is 11.8 Å². The molecule has 0 aromatic heterocycles. The van der Waals surface area contributed by atoms with Crippen molar-refractivity contribution < 1.29 is 0 Å². The first-order chi connectivity index (χ1) is 24.2. The Balaban J connectivity index is 1.34. The zero-order valence-electron chi connectivity index (χ0n) is 29.8. The molecule has 1 heterocycles. The number of thioether (sulfide) groups is 1. The van der Waals surface area contributed by atoms with Gasteiger partial charge < -0.3 is 0 Å². The fourth-order valence-electron chi connectivity index (χ4n) is 7.19. The predicted octanol–water partition coefficient (Wildman–Crippen LogP) is 10.2. The van der Waals surface area contributed by atoms with Gasteiger partial charge in [-0.1, -0.05) is 0 Å². The average molecular weight is 1080 g/mol. The van der Waals surface area contributed by atoms with Crippen molar-refractivity contribution in [1.29, 1.82) is 0 Å². The van der Waals surface area contributed by atoms with E-state index in [0.29, 0.717) is 0 Å². The molecule has 0 unspecified atom stereocenters. The summed E-state index contributed by atoms with van der Waals surface area (Å²) in [6.07, 6.45) is 23.4. The van der Waals surface area contributed by atoms with Crippen LogP contribution in [-0.4, -0.2) is 79.7 Å². The van der Waals surface area contributed by atoms with Gasteiger partial charge in [0, 0.05) is 0 Å². The van der Waals surface area contributed by atoms with Gasteiger partial charge in [0.2, 0.25) is 0 Å². The molecule has 2 saturated carbocycles. The Hall–Kier alpha value is -1.76. The van der Waals surface area contributed by atoms with Crippen LogP contribution in [0, 0.1) is 0 Å². The molecule has 0 N–H and O–H groups in total. The Morgan fingerprint density at radius 1 is 0.860 bits per heavy atom. The van der Waals surface area contributed by atoms with Gasteiger partial charge in [-0.05, 0) is 0 Å². The summed E-state index contributed by atoms with van der Waals surface area (Å²) in [6, 6.07) is 21.4. The van der Waals surface area contributed by atoms with Crippen LogP contribution in [0.2, 0.25) is 3.98 Å². The second-order valence-electron chi connectivity index (χ2n) is 14.5. The minimum absolute atomic E-state index is 0.747. The Labute approximate surface area is 341 Å². The third kappa shape index (κ3) is 8.55. The zero-order valence-corrected chi connectivity index (χ0v) is 39.4. The molecule has 0 spiro atoms. The van der Waals surface area contributed by atoms with E-state index in [9.17, 15) is 0 Å². The number of hydrogen-bond acceptors (Lipinski definition) is 3. The van der Waals surface area contributed by atoms with Crippen LogP contribution in [0.25, 0.3) is 16.7 Å². The Morgan fingerprint density at radius 2 is 1.54 bits per heavy atom. The van der Waals surface area contributed by atoms with Crippen molar-refractivity contribution in [2.24, 2.45) is 0 Å². The van der Waals surface area contributed by atoms with Gasteiger partial charge in [-0.2, -0.15) is 0 Å². The number of allylic oxidation sites excluding steroid dienone is 11. The van der Waals surface area contributed by atoms with E-state index in [4.69, 9.17) is 0 Å². The number of anilines is 2. The predicted molar refractivity (Wildman–Crippen MR) is 225 cm³/mol. The number of rotatable bonds is 10. The van der Waals surface area contributed by atoms with E-state index >= 15 is 0 Å². The molecule has 6 heteroatoms. The summed E-state index contributed by atoms with van der Waals surface area (Å²) in [5, 5.41) is 0. The molecule has 2 nitrogen and oxygen atoms in total. The summed E-state index contributed by atoms with van der Waals surface area (Å²) in [7, 11) is 8.47. The van der Waals surface area contributed by atoms with Gasteiger partial charge in [0.05, 0.1) is 0 Å². The standard InChI is InChI=1S/C44H46N2S2.2Pb/c1-6-29(40-20-18-38(45(2)3)27-42(40)47)10-16-33-8-7-9-34(17-15-32-22-23-48-43-28-39(46(4)5)19-21-41(32)43)44(33)37-25-35(30-11-12-30)24-36(26-37)31-13-14-31;;/h6,10,15-22,24-28,30-31,47H,1,7-9,11-14H2,2-5H3;;/p+1/b16-10+,29-6-,32-15+,34-17+;;. The SMILES string of the molecule is CN(C)c1ccc(C(=C\[CH2][Pb])/C=C/C2=C(c3cc(C4CC4)cc(C4CC4)c3)C(=C/C=C3\C=[C]([Pb])Sc4cc(N(C)C)ccc43)/CCC2)c([SH2+])c1. The molecule has 2 fully saturated rings. The summed E-state index contributed by atoms with van der Waals surface area (Å²) in [4.78, 5) is 6.90. The number of hydrogen-bond donors (Lipinski definition) is 0. The molecule has 0 atom stereocenters. The van der Waals surface area contributed by atoms with E-state index in [1.807, 2.05) is 11.8 Å². The molecule has 1 aliphatic heterocycles. The number of benzene rings is 3. The van der Waals surface area contributed by atoms with Crippen LogP contribution in [0.3, 0.4) is 0 Å². The summed E-state index contributed by atoms with van der Waals surface area (Å²) in [5.41, 5.74) is 16.8. The summed E-state index contributed by atoms with van der Waals surface area (Å²) in [6.45, 7) is 0. The molecule has 3 aromatic rings. The van der Waals surface area contributed by atoms with Gasteiger partial charge in [0.15, 0.2) is 0 Å². The van der Waals surface area contributed by atoms with Gasteiger partial charge in [0.25, 0.3) is 0 Å². The fourth-order valence-corrected chi connectivity index (χ4v) is 11.2. The van der Waals surface area contributed by atoms with E-state index in [-0.39, 0.29) is 0 Å². The van der Waals surface area contributed by atoms with E-state index in [1.54, 1.807) is 11.1 Å². The second-order valence-corrected chi connectivity index (χ2v) is 21.2. The van der Waals surface area contributed by atoms with Crippen molar-refractivity contribution in [1.82, 2.24) is 0 Å². The monoisotopic (exact) mass is 1080 g/mol. The minimum atomic E-state index is 0.747. The van der Waals surface area contributed by atoms with Crippen molar-refractivity contribution in [2.75, 3.05) is 38.0 Å². The molecule has 7 rings (SSSR count). The van der Waals surface area contributed by atoms with E-state index in [2.05, 4.69) is 142 Å². The number of fused-ring (bicyclic) bond motifs is 1. The van der Waals surface area contributed by atoms with Gasteiger partial charge in [-0.3, -0.25) is 0 Å². The van der Waals surface area contributed by atoms with Crippen molar-refractivity contribution in [3.05, 3.63) is 132 Å². The van der Waals surface area contributed by atoms with Crippen LogP contribution in [0.15, 0.2) is 114 Å². The maximum absolute atomic E-state index is 3.99. The molecule has 50 heavy (non-hydrogen) atoms. The van der Waals surface area contributed by atoms with Crippen LogP contribution in [-0.2, 0) is 12.6 Å². The fraction of sp³-hybridized carbons (Fsp3) is 0.318. The molecular weight excluding hydrogens is 1040 g/mol. The first-order valence-corrected chi connectivity index (χ1v) is 24.0. The molecule has 252 valence electrons. The van der Waals surface area contributed by atoms with Crippen molar-refractivity contribution >= 4 is 104 Å². The van der Waals surface area contributed by atoms with E-state index in [0.717, 1.165) is 85.1 Å². The van der Waals surface area contributed by atoms with Crippen molar-refractivity contribution in [2.45, 2.75) is 70.6 Å². The van der Waals surface area contributed by atoms with Crippen LogP contribution in [0.5, 0.6) is 0 Å². The molecule has 0 saturated heterocycles. The zero-order chi connectivity index (χ0) is 34.9. The van der Waals surface area contributed by atoms with Gasteiger partial charge >= 0.3 is 345 Å². The van der Waals surface area contributed by atoms with Crippen LogP contribution in [0.4, 0.5) is 11.4 Å². The van der Waals surface area contributed by atoms with Crippen LogP contribution < -0.4 is 9.80 Å². The van der Waals surface area contributed by atoms with E-state index in [1.165, 1.54) is 95.4 Å². The van der Waals surface area contributed by atoms with E-state index < -0.39 is 0 Å². The Bertz CT molecular complexity index is 1960. The third-order valence-corrected chi connectivity index (χ3v) is 14.1. The Morgan fingerprint density at radius 3 is 2.18 bits per heavy atom. The van der Waals surface area contributed by atoms with Gasteiger partial charge in [-0.15, -0.1) is 0 Å². The van der Waals surface area contributed by atoms with Gasteiger partial charge in [0.1, 0.15) is 0 Å². The molecule has 3 aromatic carbocycles. The molecule has 0 amide bonds. The van der Waals surface area contributed by atoms with Crippen molar-refractivity contribution in [3.63, 3.8) is 0 Å². The average Bonchev–Trinajstić information content (AvgIpc) is 4.02. The summed E-state index contributed by atoms with van der Waals surface area (Å²) < 4.78 is 2.61. The first-order valence-electron chi connectivity index (χ1n) is 18.0.